The average molecular weight is 264 g/mol. The normalized spacial score (nSPS) is 13.7. The van der Waals surface area contributed by atoms with Gasteiger partial charge in [0.1, 0.15) is 5.75 Å². The van der Waals surface area contributed by atoms with Crippen molar-refractivity contribution in [3.63, 3.8) is 0 Å². The van der Waals surface area contributed by atoms with E-state index in [1.54, 1.807) is 6.92 Å². The Morgan fingerprint density at radius 1 is 1.26 bits per heavy atom. The Balaban J connectivity index is 2.55. The van der Waals surface area contributed by atoms with Gasteiger partial charge in [0.25, 0.3) is 5.91 Å². The summed E-state index contributed by atoms with van der Waals surface area (Å²) in [6.45, 7) is 6.56. The van der Waals surface area contributed by atoms with Crippen LogP contribution >= 0.6 is 0 Å². The van der Waals surface area contributed by atoms with Gasteiger partial charge in [-0.25, -0.2) is 0 Å². The van der Waals surface area contributed by atoms with Crippen LogP contribution in [0.3, 0.4) is 0 Å². The first-order chi connectivity index (χ1) is 9.08. The van der Waals surface area contributed by atoms with E-state index < -0.39 is 6.10 Å². The molecule has 4 heteroatoms. The van der Waals surface area contributed by atoms with Crippen LogP contribution in [0.4, 0.5) is 0 Å². The molecule has 1 aromatic rings. The predicted octanol–water partition coefficient (Wildman–Crippen LogP) is 2.26. The van der Waals surface area contributed by atoms with Gasteiger partial charge < -0.3 is 15.4 Å². The summed E-state index contributed by atoms with van der Waals surface area (Å²) in [6, 6.07) is 8.11. The SMILES string of the molecule is CCCNC(=O)C(C)Oc1ccc(C(C)NC)cc1. The van der Waals surface area contributed by atoms with E-state index in [-0.39, 0.29) is 5.91 Å². The minimum Gasteiger partial charge on any atom is -0.481 e. The van der Waals surface area contributed by atoms with E-state index in [2.05, 4.69) is 17.6 Å². The van der Waals surface area contributed by atoms with Crippen molar-refractivity contribution in [1.29, 1.82) is 0 Å². The summed E-state index contributed by atoms with van der Waals surface area (Å²) in [4.78, 5) is 11.7. The second-order valence-corrected chi connectivity index (χ2v) is 4.63. The molecule has 106 valence electrons. The zero-order valence-electron chi connectivity index (χ0n) is 12.2. The summed E-state index contributed by atoms with van der Waals surface area (Å²) in [7, 11) is 1.93. The quantitative estimate of drug-likeness (QED) is 0.794. The van der Waals surface area contributed by atoms with Crippen molar-refractivity contribution < 1.29 is 9.53 Å². The average Bonchev–Trinajstić information content (AvgIpc) is 2.44. The largest absolute Gasteiger partial charge is 0.481 e. The minimum absolute atomic E-state index is 0.0745. The summed E-state index contributed by atoms with van der Waals surface area (Å²) in [5.41, 5.74) is 1.19. The number of rotatable bonds is 7. The highest BCUT2D eigenvalue weighted by Crippen LogP contribution is 2.18. The van der Waals surface area contributed by atoms with Crippen molar-refractivity contribution in [2.45, 2.75) is 39.3 Å². The van der Waals surface area contributed by atoms with Gasteiger partial charge in [-0.05, 0) is 45.0 Å². The van der Waals surface area contributed by atoms with Gasteiger partial charge in [-0.1, -0.05) is 19.1 Å². The van der Waals surface area contributed by atoms with E-state index in [9.17, 15) is 4.79 Å². The lowest BCUT2D eigenvalue weighted by Gasteiger charge is -2.16. The summed E-state index contributed by atoms with van der Waals surface area (Å²) in [5.74, 6) is 0.640. The summed E-state index contributed by atoms with van der Waals surface area (Å²) in [6.07, 6.45) is 0.453. The van der Waals surface area contributed by atoms with Gasteiger partial charge >= 0.3 is 0 Å². The highest BCUT2D eigenvalue weighted by atomic mass is 16.5. The standard InChI is InChI=1S/C15H24N2O2/c1-5-10-17-15(18)12(3)19-14-8-6-13(7-9-14)11(2)16-4/h6-9,11-12,16H,5,10H2,1-4H3,(H,17,18). The molecule has 1 aromatic carbocycles. The van der Waals surface area contributed by atoms with E-state index in [0.29, 0.717) is 18.3 Å². The number of ether oxygens (including phenoxy) is 1. The van der Waals surface area contributed by atoms with Gasteiger partial charge in [-0.2, -0.15) is 0 Å². The maximum absolute atomic E-state index is 11.7. The maximum Gasteiger partial charge on any atom is 0.260 e. The van der Waals surface area contributed by atoms with Crippen molar-refractivity contribution in [2.75, 3.05) is 13.6 Å². The predicted molar refractivity (Wildman–Crippen MR) is 77.3 cm³/mol. The number of carbonyl (C=O) groups excluding carboxylic acids is 1. The molecule has 0 aliphatic rings. The van der Waals surface area contributed by atoms with Crippen LogP contribution in [-0.2, 0) is 4.79 Å². The molecule has 4 nitrogen and oxygen atoms in total. The number of benzene rings is 1. The van der Waals surface area contributed by atoms with Crippen LogP contribution in [0.25, 0.3) is 0 Å². The molecule has 1 amide bonds. The molecule has 0 heterocycles. The van der Waals surface area contributed by atoms with E-state index in [1.165, 1.54) is 5.56 Å². The molecule has 0 saturated carbocycles. The third kappa shape index (κ3) is 4.91. The van der Waals surface area contributed by atoms with Gasteiger partial charge in [-0.3, -0.25) is 4.79 Å². The first kappa shape index (κ1) is 15.5. The molecule has 2 atom stereocenters. The molecule has 0 spiro atoms. The lowest BCUT2D eigenvalue weighted by Crippen LogP contribution is -2.36. The highest BCUT2D eigenvalue weighted by Gasteiger charge is 2.13. The Labute approximate surface area is 115 Å². The number of nitrogens with one attached hydrogen (secondary N) is 2. The molecule has 0 aliphatic carbocycles. The highest BCUT2D eigenvalue weighted by molar-refractivity contribution is 5.80. The molecular weight excluding hydrogens is 240 g/mol. The second-order valence-electron chi connectivity index (χ2n) is 4.63. The van der Waals surface area contributed by atoms with E-state index in [0.717, 1.165) is 6.42 Å². The van der Waals surface area contributed by atoms with Gasteiger partial charge in [0, 0.05) is 12.6 Å². The van der Waals surface area contributed by atoms with Gasteiger partial charge in [0.05, 0.1) is 0 Å². The fourth-order valence-electron chi connectivity index (χ4n) is 1.65. The van der Waals surface area contributed by atoms with Crippen LogP contribution in [0, 0.1) is 0 Å². The Morgan fingerprint density at radius 2 is 1.89 bits per heavy atom. The molecule has 0 aromatic heterocycles. The fourth-order valence-corrected chi connectivity index (χ4v) is 1.65. The molecule has 0 fully saturated rings. The van der Waals surface area contributed by atoms with Crippen molar-refractivity contribution in [1.82, 2.24) is 10.6 Å². The molecule has 2 unspecified atom stereocenters. The molecule has 0 bridgehead atoms. The first-order valence-electron chi connectivity index (χ1n) is 6.80. The van der Waals surface area contributed by atoms with Gasteiger partial charge in [0.2, 0.25) is 0 Å². The van der Waals surface area contributed by atoms with Crippen LogP contribution in [0.5, 0.6) is 5.75 Å². The van der Waals surface area contributed by atoms with Crippen LogP contribution < -0.4 is 15.4 Å². The molecule has 1 rings (SSSR count). The Kier molecular flexibility index (Phi) is 6.36. The Morgan fingerprint density at radius 3 is 2.42 bits per heavy atom. The number of carbonyl (C=O) groups is 1. The number of hydrogen-bond acceptors (Lipinski definition) is 3. The van der Waals surface area contributed by atoms with Crippen LogP contribution in [0.15, 0.2) is 24.3 Å². The maximum atomic E-state index is 11.7. The summed E-state index contributed by atoms with van der Waals surface area (Å²) >= 11 is 0. The molecular formula is C15H24N2O2. The van der Waals surface area contributed by atoms with Crippen molar-refractivity contribution >= 4 is 5.91 Å². The van der Waals surface area contributed by atoms with E-state index in [1.807, 2.05) is 38.2 Å². The van der Waals surface area contributed by atoms with Crippen molar-refractivity contribution in [3.8, 4) is 5.75 Å². The summed E-state index contributed by atoms with van der Waals surface area (Å²) in [5, 5.41) is 6.00. The Hall–Kier alpha value is -1.55. The molecule has 0 aliphatic heterocycles. The zero-order chi connectivity index (χ0) is 14.3. The van der Waals surface area contributed by atoms with Gasteiger partial charge in [0.15, 0.2) is 6.10 Å². The lowest BCUT2D eigenvalue weighted by molar-refractivity contribution is -0.127. The third-order valence-corrected chi connectivity index (χ3v) is 3.04. The van der Waals surface area contributed by atoms with Crippen molar-refractivity contribution in [3.05, 3.63) is 29.8 Å². The van der Waals surface area contributed by atoms with Gasteiger partial charge in [-0.15, -0.1) is 0 Å². The molecule has 19 heavy (non-hydrogen) atoms. The lowest BCUT2D eigenvalue weighted by atomic mass is 10.1. The van der Waals surface area contributed by atoms with Crippen molar-refractivity contribution in [2.24, 2.45) is 0 Å². The topological polar surface area (TPSA) is 50.4 Å². The first-order valence-corrected chi connectivity index (χ1v) is 6.80. The van der Waals surface area contributed by atoms with Crippen LogP contribution in [-0.4, -0.2) is 25.6 Å². The number of amides is 1. The number of hydrogen-bond donors (Lipinski definition) is 2. The molecule has 0 radical (unpaired) electrons. The van der Waals surface area contributed by atoms with Crippen LogP contribution in [0.1, 0.15) is 38.8 Å². The zero-order valence-corrected chi connectivity index (χ0v) is 12.2. The second kappa shape index (κ2) is 7.79. The molecule has 0 saturated heterocycles. The monoisotopic (exact) mass is 264 g/mol. The molecule has 2 N–H and O–H groups in total. The smallest absolute Gasteiger partial charge is 0.260 e. The minimum atomic E-state index is -0.473. The Bertz CT molecular complexity index is 390. The van der Waals surface area contributed by atoms with E-state index >= 15 is 0 Å². The van der Waals surface area contributed by atoms with E-state index in [4.69, 9.17) is 4.74 Å². The fraction of sp³-hybridized carbons (Fsp3) is 0.533. The third-order valence-electron chi connectivity index (χ3n) is 3.04. The van der Waals surface area contributed by atoms with Crippen LogP contribution in [0.2, 0.25) is 0 Å². The summed E-state index contributed by atoms with van der Waals surface area (Å²) < 4.78 is 5.61.